The van der Waals surface area contributed by atoms with Crippen LogP contribution in [0, 0.1) is 6.92 Å². The van der Waals surface area contributed by atoms with E-state index in [0.717, 1.165) is 17.5 Å². The zero-order valence-electron chi connectivity index (χ0n) is 17.1. The van der Waals surface area contributed by atoms with Crippen LogP contribution in [-0.4, -0.2) is 18.4 Å². The molecule has 0 aliphatic rings. The highest BCUT2D eigenvalue weighted by Crippen LogP contribution is 2.29. The van der Waals surface area contributed by atoms with Gasteiger partial charge in [-0.25, -0.2) is 18.4 Å². The van der Waals surface area contributed by atoms with Gasteiger partial charge in [-0.05, 0) is 60.9 Å². The number of aromatic nitrogens is 2. The molecule has 1 heterocycles. The number of rotatable bonds is 6. The number of anilines is 3. The Hall–Kier alpha value is -3.16. The average molecular weight is 453 g/mol. The van der Waals surface area contributed by atoms with Crippen molar-refractivity contribution >= 4 is 50.0 Å². The van der Waals surface area contributed by atoms with E-state index < -0.39 is 10.0 Å². The van der Waals surface area contributed by atoms with Crippen LogP contribution in [0.25, 0.3) is 11.0 Å². The minimum absolute atomic E-state index is 0.106. The maximum Gasteiger partial charge on any atom is 0.263 e. The molecule has 0 unspecified atom stereocenters. The molecule has 0 atom stereocenters. The number of nitrogens with zero attached hydrogens (tertiary/aromatic N) is 2. The summed E-state index contributed by atoms with van der Waals surface area (Å²) in [6.07, 6.45) is 0.830. The van der Waals surface area contributed by atoms with Gasteiger partial charge in [0.05, 0.1) is 15.9 Å². The molecular weight excluding hydrogens is 432 g/mol. The van der Waals surface area contributed by atoms with Gasteiger partial charge < -0.3 is 5.32 Å². The molecule has 0 spiro atoms. The van der Waals surface area contributed by atoms with Crippen LogP contribution in [0.3, 0.4) is 0 Å². The summed E-state index contributed by atoms with van der Waals surface area (Å²) in [6, 6.07) is 19.5. The van der Waals surface area contributed by atoms with E-state index in [4.69, 9.17) is 11.6 Å². The van der Waals surface area contributed by atoms with E-state index >= 15 is 0 Å². The van der Waals surface area contributed by atoms with Crippen molar-refractivity contribution in [2.45, 2.75) is 25.2 Å². The summed E-state index contributed by atoms with van der Waals surface area (Å²) in [5.41, 5.74) is 3.89. The topological polar surface area (TPSA) is 84.0 Å². The second-order valence-corrected chi connectivity index (χ2v) is 9.19. The van der Waals surface area contributed by atoms with Gasteiger partial charge in [0.25, 0.3) is 10.0 Å². The highest BCUT2D eigenvalue weighted by atomic mass is 35.5. The third kappa shape index (κ3) is 4.62. The van der Waals surface area contributed by atoms with E-state index in [0.29, 0.717) is 21.7 Å². The van der Waals surface area contributed by atoms with Gasteiger partial charge in [0.2, 0.25) is 0 Å². The van der Waals surface area contributed by atoms with Gasteiger partial charge in [-0.3, -0.25) is 4.72 Å². The molecule has 4 aromatic rings. The Labute approximate surface area is 186 Å². The summed E-state index contributed by atoms with van der Waals surface area (Å²) in [7, 11) is -3.86. The summed E-state index contributed by atoms with van der Waals surface area (Å²) in [6.45, 7) is 3.92. The lowest BCUT2D eigenvalue weighted by Gasteiger charge is -2.14. The predicted molar refractivity (Wildman–Crippen MR) is 126 cm³/mol. The summed E-state index contributed by atoms with van der Waals surface area (Å²) in [5.74, 6) is 0.391. The number of benzene rings is 3. The number of hydrogen-bond donors (Lipinski definition) is 2. The number of nitrogens with one attached hydrogen (secondary N) is 2. The summed E-state index contributed by atoms with van der Waals surface area (Å²) in [5, 5.41) is 3.73. The van der Waals surface area contributed by atoms with Crippen LogP contribution < -0.4 is 10.0 Å². The average Bonchev–Trinajstić information content (AvgIpc) is 2.76. The second-order valence-electron chi connectivity index (χ2n) is 7.10. The Balaban J connectivity index is 1.75. The van der Waals surface area contributed by atoms with Gasteiger partial charge in [-0.2, -0.15) is 0 Å². The van der Waals surface area contributed by atoms with Crippen LogP contribution in [0.4, 0.5) is 17.3 Å². The van der Waals surface area contributed by atoms with Crippen LogP contribution in [0.1, 0.15) is 18.1 Å². The molecule has 0 fully saturated rings. The monoisotopic (exact) mass is 452 g/mol. The molecule has 6 nitrogen and oxygen atoms in total. The lowest BCUT2D eigenvalue weighted by Crippen LogP contribution is -2.16. The molecule has 0 aliphatic carbocycles. The highest BCUT2D eigenvalue weighted by Gasteiger charge is 2.19. The van der Waals surface area contributed by atoms with Crippen molar-refractivity contribution in [1.29, 1.82) is 0 Å². The molecule has 158 valence electrons. The van der Waals surface area contributed by atoms with Crippen molar-refractivity contribution in [3.05, 3.63) is 82.9 Å². The van der Waals surface area contributed by atoms with Crippen molar-refractivity contribution in [3.8, 4) is 0 Å². The zero-order chi connectivity index (χ0) is 22.0. The predicted octanol–water partition coefficient (Wildman–Crippen LogP) is 5.70. The fourth-order valence-corrected chi connectivity index (χ4v) is 4.25. The van der Waals surface area contributed by atoms with Gasteiger partial charge in [0.15, 0.2) is 11.6 Å². The van der Waals surface area contributed by atoms with Crippen molar-refractivity contribution in [3.63, 3.8) is 0 Å². The molecule has 0 amide bonds. The molecule has 8 heteroatoms. The Morgan fingerprint density at radius 3 is 2.16 bits per heavy atom. The van der Waals surface area contributed by atoms with Crippen LogP contribution in [0.2, 0.25) is 5.02 Å². The Kier molecular flexibility index (Phi) is 5.80. The van der Waals surface area contributed by atoms with E-state index in [2.05, 4.69) is 20.0 Å². The molecule has 4 rings (SSSR count). The fourth-order valence-electron chi connectivity index (χ4n) is 3.06. The molecule has 0 bridgehead atoms. The molecule has 0 aliphatic heterocycles. The smallest absolute Gasteiger partial charge is 0.263 e. The third-order valence-electron chi connectivity index (χ3n) is 4.88. The number of sulfonamides is 1. The third-order valence-corrected chi connectivity index (χ3v) is 6.64. The largest absolute Gasteiger partial charge is 0.337 e. The van der Waals surface area contributed by atoms with E-state index in [1.807, 2.05) is 44.2 Å². The van der Waals surface area contributed by atoms with Crippen molar-refractivity contribution in [2.24, 2.45) is 0 Å². The highest BCUT2D eigenvalue weighted by molar-refractivity contribution is 7.92. The molecule has 1 aromatic heterocycles. The first-order chi connectivity index (χ1) is 14.9. The first-order valence-corrected chi connectivity index (χ1v) is 11.6. The quantitative estimate of drug-likeness (QED) is 0.392. The van der Waals surface area contributed by atoms with Gasteiger partial charge in [-0.15, -0.1) is 0 Å². The molecule has 0 radical (unpaired) electrons. The van der Waals surface area contributed by atoms with Crippen LogP contribution >= 0.6 is 11.6 Å². The number of halogens is 1. The lowest BCUT2D eigenvalue weighted by atomic mass is 10.2. The van der Waals surface area contributed by atoms with Crippen molar-refractivity contribution < 1.29 is 8.42 Å². The Morgan fingerprint density at radius 2 is 1.55 bits per heavy atom. The first-order valence-electron chi connectivity index (χ1n) is 9.77. The standard InChI is InChI=1S/C23H21ClN4O2S/c1-3-16-9-12-18(13-10-16)31(29,30)28-23-22(25-17-11-8-15(2)19(24)14-17)26-20-6-4-5-7-21(20)27-23/h4-14H,3H2,1-2H3,(H,25,26)(H,27,28). The lowest BCUT2D eigenvalue weighted by molar-refractivity contribution is 0.601. The number of aryl methyl sites for hydroxylation is 2. The molecule has 2 N–H and O–H groups in total. The molecule has 0 saturated carbocycles. The number of hydrogen-bond acceptors (Lipinski definition) is 5. The van der Waals surface area contributed by atoms with Gasteiger partial charge in [0, 0.05) is 10.7 Å². The van der Waals surface area contributed by atoms with E-state index in [1.165, 1.54) is 0 Å². The van der Waals surface area contributed by atoms with E-state index in [1.54, 1.807) is 36.4 Å². The van der Waals surface area contributed by atoms with Crippen LogP contribution in [0.5, 0.6) is 0 Å². The van der Waals surface area contributed by atoms with Crippen LogP contribution in [0.15, 0.2) is 71.6 Å². The Morgan fingerprint density at radius 1 is 0.903 bits per heavy atom. The van der Waals surface area contributed by atoms with E-state index in [9.17, 15) is 8.42 Å². The van der Waals surface area contributed by atoms with Gasteiger partial charge >= 0.3 is 0 Å². The minimum atomic E-state index is -3.86. The van der Waals surface area contributed by atoms with Crippen LogP contribution in [-0.2, 0) is 16.4 Å². The number of para-hydroxylation sites is 2. The zero-order valence-corrected chi connectivity index (χ0v) is 18.6. The van der Waals surface area contributed by atoms with Gasteiger partial charge in [-0.1, -0.05) is 48.9 Å². The minimum Gasteiger partial charge on any atom is -0.337 e. The van der Waals surface area contributed by atoms with Crippen molar-refractivity contribution in [2.75, 3.05) is 10.0 Å². The molecule has 0 saturated heterocycles. The SMILES string of the molecule is CCc1ccc(S(=O)(=O)Nc2nc3ccccc3nc2Nc2ccc(C)c(Cl)c2)cc1. The maximum absolute atomic E-state index is 13.0. The molecular formula is C23H21ClN4O2S. The Bertz CT molecular complexity index is 1360. The second kappa shape index (κ2) is 8.53. The summed E-state index contributed by atoms with van der Waals surface area (Å²) in [4.78, 5) is 9.25. The van der Waals surface area contributed by atoms with E-state index in [-0.39, 0.29) is 16.5 Å². The maximum atomic E-state index is 13.0. The summed E-state index contributed by atoms with van der Waals surface area (Å²) >= 11 is 6.24. The van der Waals surface area contributed by atoms with Gasteiger partial charge in [0.1, 0.15) is 0 Å². The molecule has 31 heavy (non-hydrogen) atoms. The molecule has 3 aromatic carbocycles. The first kappa shape index (κ1) is 21.1. The van der Waals surface area contributed by atoms with Crippen molar-refractivity contribution in [1.82, 2.24) is 9.97 Å². The summed E-state index contributed by atoms with van der Waals surface area (Å²) < 4.78 is 28.6. The fraction of sp³-hybridized carbons (Fsp3) is 0.130. The normalized spacial score (nSPS) is 11.5. The number of fused-ring (bicyclic) bond motifs is 1.